The summed E-state index contributed by atoms with van der Waals surface area (Å²) < 4.78 is 11.1. The van der Waals surface area contributed by atoms with E-state index in [9.17, 15) is 4.79 Å². The third-order valence-electron chi connectivity index (χ3n) is 4.01. The Hall–Kier alpha value is -0.450. The number of rotatable bonds is 9. The average molecular weight is 271 g/mol. The number of carbonyl (C=O) groups is 1. The number of hydrogen-bond acceptors (Lipinski definition) is 4. The maximum Gasteiger partial charge on any atom is 0.165 e. The van der Waals surface area contributed by atoms with Gasteiger partial charge in [0.1, 0.15) is 5.60 Å². The van der Waals surface area contributed by atoms with E-state index in [4.69, 9.17) is 9.47 Å². The summed E-state index contributed by atoms with van der Waals surface area (Å²) in [7, 11) is 1.70. The minimum absolute atomic E-state index is 0.182. The first kappa shape index (κ1) is 16.6. The Morgan fingerprint density at radius 1 is 1.32 bits per heavy atom. The van der Waals surface area contributed by atoms with Gasteiger partial charge >= 0.3 is 0 Å². The van der Waals surface area contributed by atoms with Crippen LogP contribution in [0.5, 0.6) is 0 Å². The smallest absolute Gasteiger partial charge is 0.165 e. The predicted octanol–water partition coefficient (Wildman–Crippen LogP) is 2.26. The standard InChI is InChI=1S/C15H29NO3/c1-12-11-16(12)9-7-13(17)15(4,5)19-10-8-14(2,3)18-6/h12H,7-11H2,1-6H3. The second kappa shape index (κ2) is 6.33. The van der Waals surface area contributed by atoms with Crippen molar-refractivity contribution < 1.29 is 14.3 Å². The highest BCUT2D eigenvalue weighted by atomic mass is 16.5. The summed E-state index contributed by atoms with van der Waals surface area (Å²) in [5.74, 6) is 0.182. The molecule has 1 heterocycles. The van der Waals surface area contributed by atoms with E-state index in [1.807, 2.05) is 27.7 Å². The Morgan fingerprint density at radius 3 is 2.37 bits per heavy atom. The minimum Gasteiger partial charge on any atom is -0.379 e. The van der Waals surface area contributed by atoms with Gasteiger partial charge in [0.2, 0.25) is 0 Å². The summed E-state index contributed by atoms with van der Waals surface area (Å²) in [5, 5.41) is 0. The molecule has 0 radical (unpaired) electrons. The molecule has 1 aliphatic rings. The molecule has 1 saturated heterocycles. The van der Waals surface area contributed by atoms with Gasteiger partial charge in [-0.3, -0.25) is 9.69 Å². The zero-order chi connectivity index (χ0) is 14.7. The van der Waals surface area contributed by atoms with Crippen molar-refractivity contribution >= 4 is 5.78 Å². The van der Waals surface area contributed by atoms with Crippen LogP contribution in [0.3, 0.4) is 0 Å². The van der Waals surface area contributed by atoms with Crippen LogP contribution in [0.4, 0.5) is 0 Å². The number of ketones is 1. The molecule has 4 nitrogen and oxygen atoms in total. The van der Waals surface area contributed by atoms with Crippen LogP contribution < -0.4 is 0 Å². The summed E-state index contributed by atoms with van der Waals surface area (Å²) in [6, 6.07) is 0.652. The Morgan fingerprint density at radius 2 is 1.89 bits per heavy atom. The molecule has 0 spiro atoms. The maximum atomic E-state index is 12.1. The van der Waals surface area contributed by atoms with E-state index in [1.165, 1.54) is 0 Å². The van der Waals surface area contributed by atoms with Crippen molar-refractivity contribution in [2.24, 2.45) is 0 Å². The Kier molecular flexibility index (Phi) is 5.53. The molecular formula is C15H29NO3. The third kappa shape index (κ3) is 5.59. The molecule has 2 unspecified atom stereocenters. The van der Waals surface area contributed by atoms with Crippen molar-refractivity contribution in [2.75, 3.05) is 26.8 Å². The summed E-state index contributed by atoms with van der Waals surface area (Å²) >= 11 is 0. The fourth-order valence-electron chi connectivity index (χ4n) is 1.88. The van der Waals surface area contributed by atoms with E-state index in [0.717, 1.165) is 19.5 Å². The normalized spacial score (nSPS) is 23.5. The van der Waals surface area contributed by atoms with Crippen LogP contribution in [-0.2, 0) is 14.3 Å². The first-order valence-electron chi connectivity index (χ1n) is 7.14. The fraction of sp³-hybridized carbons (Fsp3) is 0.933. The molecule has 4 heteroatoms. The zero-order valence-corrected chi connectivity index (χ0v) is 13.3. The molecule has 0 aromatic carbocycles. The SMILES string of the molecule is COC(C)(C)CCOC(C)(C)C(=O)CCN1CC1C. The first-order valence-corrected chi connectivity index (χ1v) is 7.14. The van der Waals surface area contributed by atoms with E-state index in [2.05, 4.69) is 11.8 Å². The Balaban J connectivity index is 2.27. The molecule has 2 atom stereocenters. The molecule has 0 aliphatic carbocycles. The van der Waals surface area contributed by atoms with Crippen molar-refractivity contribution in [1.29, 1.82) is 0 Å². The van der Waals surface area contributed by atoms with E-state index in [-0.39, 0.29) is 11.4 Å². The maximum absolute atomic E-state index is 12.1. The highest BCUT2D eigenvalue weighted by Gasteiger charge is 2.33. The summed E-state index contributed by atoms with van der Waals surface area (Å²) in [4.78, 5) is 14.4. The van der Waals surface area contributed by atoms with E-state index >= 15 is 0 Å². The van der Waals surface area contributed by atoms with Crippen LogP contribution in [0, 0.1) is 0 Å². The summed E-state index contributed by atoms with van der Waals surface area (Å²) in [6.45, 7) is 12.5. The second-order valence-corrected chi connectivity index (χ2v) is 6.59. The lowest BCUT2D eigenvalue weighted by Crippen LogP contribution is -2.37. The zero-order valence-electron chi connectivity index (χ0n) is 13.3. The highest BCUT2D eigenvalue weighted by molar-refractivity contribution is 5.86. The van der Waals surface area contributed by atoms with Crippen LogP contribution in [0.15, 0.2) is 0 Å². The van der Waals surface area contributed by atoms with Crippen molar-refractivity contribution in [3.05, 3.63) is 0 Å². The molecule has 0 N–H and O–H groups in total. The molecule has 0 aromatic heterocycles. The summed E-state index contributed by atoms with van der Waals surface area (Å²) in [6.07, 6.45) is 1.36. The van der Waals surface area contributed by atoms with Crippen LogP contribution in [-0.4, -0.2) is 54.7 Å². The lowest BCUT2D eigenvalue weighted by atomic mass is 10.00. The third-order valence-corrected chi connectivity index (χ3v) is 4.01. The second-order valence-electron chi connectivity index (χ2n) is 6.59. The van der Waals surface area contributed by atoms with Gasteiger partial charge in [-0.1, -0.05) is 0 Å². The van der Waals surface area contributed by atoms with Gasteiger partial charge in [0.05, 0.1) is 12.2 Å². The van der Waals surface area contributed by atoms with Gasteiger partial charge < -0.3 is 9.47 Å². The molecule has 0 saturated carbocycles. The van der Waals surface area contributed by atoms with Gasteiger partial charge in [-0.25, -0.2) is 0 Å². The largest absolute Gasteiger partial charge is 0.379 e. The number of ether oxygens (including phenoxy) is 2. The molecule has 1 fully saturated rings. The molecular weight excluding hydrogens is 242 g/mol. The summed E-state index contributed by atoms with van der Waals surface area (Å²) in [5.41, 5.74) is -0.892. The number of carbonyl (C=O) groups excluding carboxylic acids is 1. The quantitative estimate of drug-likeness (QED) is 0.603. The molecule has 112 valence electrons. The topological polar surface area (TPSA) is 38.5 Å². The number of Topliss-reactive ketones (excluding diaryl/α,β-unsaturated/α-hetero) is 1. The van der Waals surface area contributed by atoms with Gasteiger partial charge in [0, 0.05) is 32.7 Å². The van der Waals surface area contributed by atoms with Crippen molar-refractivity contribution in [1.82, 2.24) is 4.90 Å². The Bertz CT molecular complexity index is 313. The van der Waals surface area contributed by atoms with Crippen LogP contribution >= 0.6 is 0 Å². The number of methoxy groups -OCH3 is 1. The highest BCUT2D eigenvalue weighted by Crippen LogP contribution is 2.20. The molecule has 0 bridgehead atoms. The Labute approximate surface area is 117 Å². The molecule has 19 heavy (non-hydrogen) atoms. The van der Waals surface area contributed by atoms with Crippen molar-refractivity contribution in [3.63, 3.8) is 0 Å². The van der Waals surface area contributed by atoms with Gasteiger partial charge in [-0.2, -0.15) is 0 Å². The number of nitrogens with zero attached hydrogens (tertiary/aromatic N) is 1. The first-order chi connectivity index (χ1) is 8.68. The van der Waals surface area contributed by atoms with Gasteiger partial charge in [0.25, 0.3) is 0 Å². The van der Waals surface area contributed by atoms with Crippen molar-refractivity contribution in [3.8, 4) is 0 Å². The van der Waals surface area contributed by atoms with Crippen LogP contribution in [0.25, 0.3) is 0 Å². The molecule has 1 aliphatic heterocycles. The van der Waals surface area contributed by atoms with E-state index in [1.54, 1.807) is 7.11 Å². The van der Waals surface area contributed by atoms with Gasteiger partial charge in [0.15, 0.2) is 5.78 Å². The molecule has 0 amide bonds. The molecule has 1 rings (SSSR count). The van der Waals surface area contributed by atoms with Gasteiger partial charge in [-0.05, 0) is 41.0 Å². The average Bonchev–Trinajstić information content (AvgIpc) is 3.01. The lowest BCUT2D eigenvalue weighted by Gasteiger charge is -2.28. The van der Waals surface area contributed by atoms with Gasteiger partial charge in [-0.15, -0.1) is 0 Å². The van der Waals surface area contributed by atoms with Crippen LogP contribution in [0.1, 0.15) is 47.5 Å². The molecule has 0 aromatic rings. The minimum atomic E-state index is -0.691. The van der Waals surface area contributed by atoms with E-state index in [0.29, 0.717) is 19.1 Å². The lowest BCUT2D eigenvalue weighted by molar-refractivity contribution is -0.142. The van der Waals surface area contributed by atoms with Crippen LogP contribution in [0.2, 0.25) is 0 Å². The van der Waals surface area contributed by atoms with E-state index < -0.39 is 5.60 Å². The van der Waals surface area contributed by atoms with Crippen molar-refractivity contribution in [2.45, 2.75) is 64.7 Å². The predicted molar refractivity (Wildman–Crippen MR) is 76.4 cm³/mol. The number of hydrogen-bond donors (Lipinski definition) is 0. The fourth-order valence-corrected chi connectivity index (χ4v) is 1.88. The monoisotopic (exact) mass is 271 g/mol.